The quantitative estimate of drug-likeness (QED) is 0.761. The fourth-order valence-corrected chi connectivity index (χ4v) is 4.64. The standard InChI is InChI=1S/C17H27N3O3S2/c1-5-19-8-10-20(11-9-19)25(22,23)14-6-7-16(24-4)15(12-14)18-17(21)13(2)3/h6-7,12-13H,5,8-11H2,1-4H3,(H,18,21). The van der Waals surface area contributed by atoms with E-state index in [0.29, 0.717) is 18.8 Å². The largest absolute Gasteiger partial charge is 0.325 e. The van der Waals surface area contributed by atoms with Gasteiger partial charge in [0.2, 0.25) is 15.9 Å². The molecule has 0 radical (unpaired) electrons. The summed E-state index contributed by atoms with van der Waals surface area (Å²) in [6, 6.07) is 4.96. The Hall–Kier alpha value is -1.09. The molecule has 1 N–H and O–H groups in total. The number of benzene rings is 1. The highest BCUT2D eigenvalue weighted by atomic mass is 32.2. The minimum absolute atomic E-state index is 0.124. The second-order valence-electron chi connectivity index (χ2n) is 6.34. The van der Waals surface area contributed by atoms with Crippen molar-refractivity contribution in [1.29, 1.82) is 0 Å². The molecule has 0 saturated carbocycles. The summed E-state index contributed by atoms with van der Waals surface area (Å²) < 4.78 is 27.4. The van der Waals surface area contributed by atoms with E-state index in [1.165, 1.54) is 16.1 Å². The molecule has 0 atom stereocenters. The number of nitrogens with one attached hydrogen (secondary N) is 1. The maximum Gasteiger partial charge on any atom is 0.243 e. The molecule has 0 unspecified atom stereocenters. The second-order valence-corrected chi connectivity index (χ2v) is 9.13. The molecule has 0 spiro atoms. The normalized spacial score (nSPS) is 17.0. The molecule has 1 aliphatic rings. The van der Waals surface area contributed by atoms with E-state index in [2.05, 4.69) is 17.1 Å². The summed E-state index contributed by atoms with van der Waals surface area (Å²) in [6.07, 6.45) is 1.90. The average Bonchev–Trinajstić information content (AvgIpc) is 2.61. The van der Waals surface area contributed by atoms with Crippen LogP contribution in [0, 0.1) is 5.92 Å². The van der Waals surface area contributed by atoms with E-state index < -0.39 is 10.0 Å². The molecule has 1 fully saturated rings. The van der Waals surface area contributed by atoms with E-state index in [9.17, 15) is 13.2 Å². The van der Waals surface area contributed by atoms with Crippen molar-refractivity contribution >= 4 is 33.4 Å². The van der Waals surface area contributed by atoms with Crippen LogP contribution in [0.1, 0.15) is 20.8 Å². The van der Waals surface area contributed by atoms with E-state index in [1.54, 1.807) is 18.2 Å². The van der Waals surface area contributed by atoms with E-state index >= 15 is 0 Å². The van der Waals surface area contributed by atoms with Gasteiger partial charge < -0.3 is 10.2 Å². The van der Waals surface area contributed by atoms with Crippen molar-refractivity contribution in [3.8, 4) is 0 Å². The van der Waals surface area contributed by atoms with Crippen molar-refractivity contribution in [2.24, 2.45) is 5.92 Å². The van der Waals surface area contributed by atoms with E-state index in [1.807, 2.05) is 20.1 Å². The Morgan fingerprint density at radius 1 is 1.24 bits per heavy atom. The predicted molar refractivity (Wildman–Crippen MR) is 103 cm³/mol. The summed E-state index contributed by atoms with van der Waals surface area (Å²) in [5.41, 5.74) is 0.555. The van der Waals surface area contributed by atoms with E-state index in [-0.39, 0.29) is 16.7 Å². The number of carbonyl (C=O) groups is 1. The smallest absolute Gasteiger partial charge is 0.243 e. The fourth-order valence-electron chi connectivity index (χ4n) is 2.66. The lowest BCUT2D eigenvalue weighted by Gasteiger charge is -2.33. The van der Waals surface area contributed by atoms with Crippen molar-refractivity contribution in [3.63, 3.8) is 0 Å². The maximum atomic E-state index is 12.9. The zero-order valence-electron chi connectivity index (χ0n) is 15.3. The molecule has 6 nitrogen and oxygen atoms in total. The van der Waals surface area contributed by atoms with Crippen LogP contribution in [0.4, 0.5) is 5.69 Å². The Labute approximate surface area is 155 Å². The number of amides is 1. The van der Waals surface area contributed by atoms with Crippen LogP contribution in [0.15, 0.2) is 28.0 Å². The van der Waals surface area contributed by atoms with Crippen molar-refractivity contribution in [2.75, 3.05) is 44.3 Å². The van der Waals surface area contributed by atoms with Gasteiger partial charge in [-0.1, -0.05) is 20.8 Å². The molecule has 2 rings (SSSR count). The first kappa shape index (κ1) is 20.2. The molecule has 0 aromatic heterocycles. The SMILES string of the molecule is CCN1CCN(S(=O)(=O)c2ccc(SC)c(NC(=O)C(C)C)c2)CC1. The first-order valence-corrected chi connectivity index (χ1v) is 11.2. The molecular weight excluding hydrogens is 358 g/mol. The van der Waals surface area contributed by atoms with Gasteiger partial charge in [0.25, 0.3) is 0 Å². The Morgan fingerprint density at radius 2 is 1.88 bits per heavy atom. The average molecular weight is 386 g/mol. The molecule has 8 heteroatoms. The number of likely N-dealkylation sites (N-methyl/N-ethyl adjacent to an activating group) is 1. The van der Waals surface area contributed by atoms with Crippen LogP contribution in [0.5, 0.6) is 0 Å². The monoisotopic (exact) mass is 385 g/mol. The van der Waals surface area contributed by atoms with Gasteiger partial charge in [-0.05, 0) is 31.0 Å². The van der Waals surface area contributed by atoms with Crippen LogP contribution in [-0.2, 0) is 14.8 Å². The number of anilines is 1. The molecule has 0 aliphatic carbocycles. The fraction of sp³-hybridized carbons (Fsp3) is 0.588. The topological polar surface area (TPSA) is 69.7 Å². The third kappa shape index (κ3) is 4.75. The van der Waals surface area contributed by atoms with Crippen molar-refractivity contribution in [3.05, 3.63) is 18.2 Å². The third-order valence-electron chi connectivity index (χ3n) is 4.37. The lowest BCUT2D eigenvalue weighted by Crippen LogP contribution is -2.48. The van der Waals surface area contributed by atoms with Gasteiger partial charge in [0.05, 0.1) is 10.6 Å². The molecular formula is C17H27N3O3S2. The van der Waals surface area contributed by atoms with Gasteiger partial charge in [0.1, 0.15) is 0 Å². The van der Waals surface area contributed by atoms with Crippen LogP contribution in [0.3, 0.4) is 0 Å². The second kappa shape index (κ2) is 8.53. The molecule has 1 aromatic rings. The van der Waals surface area contributed by atoms with Crippen LogP contribution >= 0.6 is 11.8 Å². The lowest BCUT2D eigenvalue weighted by atomic mass is 10.2. The third-order valence-corrected chi connectivity index (χ3v) is 7.06. The molecule has 1 heterocycles. The number of piperazine rings is 1. The Kier molecular flexibility index (Phi) is 6.90. The number of hydrogen-bond donors (Lipinski definition) is 1. The first-order valence-electron chi connectivity index (χ1n) is 8.51. The summed E-state index contributed by atoms with van der Waals surface area (Å²) >= 11 is 1.48. The summed E-state index contributed by atoms with van der Waals surface area (Å²) in [7, 11) is -3.55. The number of sulfonamides is 1. The van der Waals surface area contributed by atoms with Gasteiger partial charge in [-0.3, -0.25) is 4.79 Å². The van der Waals surface area contributed by atoms with Crippen LogP contribution in [-0.4, -0.2) is 62.5 Å². The van der Waals surface area contributed by atoms with Gasteiger partial charge in [-0.2, -0.15) is 4.31 Å². The number of thioether (sulfide) groups is 1. The van der Waals surface area contributed by atoms with Gasteiger partial charge in [-0.15, -0.1) is 11.8 Å². The van der Waals surface area contributed by atoms with Gasteiger partial charge in [-0.25, -0.2) is 8.42 Å². The minimum atomic E-state index is -3.55. The lowest BCUT2D eigenvalue weighted by molar-refractivity contribution is -0.118. The highest BCUT2D eigenvalue weighted by Gasteiger charge is 2.28. The van der Waals surface area contributed by atoms with Gasteiger partial charge in [0, 0.05) is 37.0 Å². The molecule has 1 aromatic carbocycles. The van der Waals surface area contributed by atoms with Crippen molar-refractivity contribution < 1.29 is 13.2 Å². The molecule has 1 aliphatic heterocycles. The number of carbonyl (C=O) groups excluding carboxylic acids is 1. The summed E-state index contributed by atoms with van der Waals surface area (Å²) in [5, 5.41) is 2.84. The maximum absolute atomic E-state index is 12.9. The number of hydrogen-bond acceptors (Lipinski definition) is 5. The highest BCUT2D eigenvalue weighted by Crippen LogP contribution is 2.30. The number of nitrogens with zero attached hydrogens (tertiary/aromatic N) is 2. The van der Waals surface area contributed by atoms with E-state index in [0.717, 1.165) is 24.5 Å². The zero-order valence-corrected chi connectivity index (χ0v) is 16.9. The molecule has 140 valence electrons. The molecule has 1 amide bonds. The van der Waals surface area contributed by atoms with Gasteiger partial charge in [0.15, 0.2) is 0 Å². The van der Waals surface area contributed by atoms with Crippen molar-refractivity contribution in [1.82, 2.24) is 9.21 Å². The summed E-state index contributed by atoms with van der Waals surface area (Å²) in [6.45, 7) is 9.11. The molecule has 1 saturated heterocycles. The number of rotatable bonds is 6. The van der Waals surface area contributed by atoms with Crippen LogP contribution in [0.25, 0.3) is 0 Å². The minimum Gasteiger partial charge on any atom is -0.325 e. The highest BCUT2D eigenvalue weighted by molar-refractivity contribution is 7.98. The van der Waals surface area contributed by atoms with Crippen LogP contribution in [0.2, 0.25) is 0 Å². The first-order chi connectivity index (χ1) is 11.8. The van der Waals surface area contributed by atoms with Crippen molar-refractivity contribution in [2.45, 2.75) is 30.6 Å². The Bertz CT molecular complexity index is 712. The summed E-state index contributed by atoms with van der Waals surface area (Å²) in [4.78, 5) is 15.3. The zero-order chi connectivity index (χ0) is 18.6. The Balaban J connectivity index is 2.27. The molecule has 25 heavy (non-hydrogen) atoms. The van der Waals surface area contributed by atoms with E-state index in [4.69, 9.17) is 0 Å². The predicted octanol–water partition coefficient (Wildman–Crippen LogP) is 2.33. The summed E-state index contributed by atoms with van der Waals surface area (Å²) in [5.74, 6) is -0.293. The van der Waals surface area contributed by atoms with Crippen LogP contribution < -0.4 is 5.32 Å². The Morgan fingerprint density at radius 3 is 2.40 bits per heavy atom. The molecule has 0 bridgehead atoms. The van der Waals surface area contributed by atoms with Gasteiger partial charge >= 0.3 is 0 Å².